The van der Waals surface area contributed by atoms with Crippen LogP contribution in [0.1, 0.15) is 106 Å². The van der Waals surface area contributed by atoms with Gasteiger partial charge in [0.25, 0.3) is 0 Å². The first-order valence-corrected chi connectivity index (χ1v) is 9.89. The highest BCUT2D eigenvalue weighted by Crippen LogP contribution is 2.41. The van der Waals surface area contributed by atoms with Crippen molar-refractivity contribution < 1.29 is 0 Å². The van der Waals surface area contributed by atoms with Crippen molar-refractivity contribution >= 4 is 7.28 Å². The van der Waals surface area contributed by atoms with Crippen LogP contribution < -0.4 is 0 Å². The second-order valence-corrected chi connectivity index (χ2v) is 7.32. The molecule has 0 atom stereocenters. The fourth-order valence-electron chi connectivity index (χ4n) is 3.78. The van der Waals surface area contributed by atoms with E-state index >= 15 is 0 Å². The Bertz CT molecular complexity index is 202. The monoisotopic (exact) mass is 293 g/mol. The van der Waals surface area contributed by atoms with Gasteiger partial charge in [0.15, 0.2) is 0 Å². The van der Waals surface area contributed by atoms with Crippen LogP contribution in [0.15, 0.2) is 0 Å². The van der Waals surface area contributed by atoms with Gasteiger partial charge in [0.1, 0.15) is 7.28 Å². The maximum atomic E-state index is 2.67. The van der Waals surface area contributed by atoms with E-state index < -0.39 is 0 Å². The van der Waals surface area contributed by atoms with Crippen molar-refractivity contribution in [3.63, 3.8) is 0 Å². The molecule has 0 spiro atoms. The zero-order valence-corrected chi connectivity index (χ0v) is 16.1. The van der Waals surface area contributed by atoms with Gasteiger partial charge in [0.2, 0.25) is 0 Å². The highest BCUT2D eigenvalue weighted by Gasteiger charge is 2.29. The fourth-order valence-corrected chi connectivity index (χ4v) is 3.78. The second kappa shape index (κ2) is 11.6. The molecule has 0 aromatic carbocycles. The van der Waals surface area contributed by atoms with E-state index in [2.05, 4.69) is 48.8 Å². The first-order chi connectivity index (χ1) is 10.1. The summed E-state index contributed by atoms with van der Waals surface area (Å²) in [6.45, 7) is 14.2. The van der Waals surface area contributed by atoms with Crippen molar-refractivity contribution in [2.45, 2.75) is 118 Å². The van der Waals surface area contributed by atoms with Gasteiger partial charge in [0.05, 0.1) is 0 Å². The average molecular weight is 293 g/mol. The number of hydrogen-bond donors (Lipinski definition) is 0. The van der Waals surface area contributed by atoms with E-state index in [9.17, 15) is 0 Å². The van der Waals surface area contributed by atoms with E-state index in [1.165, 1.54) is 76.8 Å². The third-order valence-corrected chi connectivity index (χ3v) is 6.28. The van der Waals surface area contributed by atoms with Crippen LogP contribution in [0.25, 0.3) is 0 Å². The molecule has 0 N–H and O–H groups in total. The summed E-state index contributed by atoms with van der Waals surface area (Å²) >= 11 is 0. The molecule has 0 rings (SSSR count). The van der Waals surface area contributed by atoms with Crippen LogP contribution in [0.3, 0.4) is 0 Å². The third kappa shape index (κ3) is 7.24. The molecule has 0 aliphatic carbocycles. The summed E-state index contributed by atoms with van der Waals surface area (Å²) in [5.74, 6) is 0. The zero-order chi connectivity index (χ0) is 16.2. The van der Waals surface area contributed by atoms with E-state index in [0.29, 0.717) is 10.8 Å². The van der Waals surface area contributed by atoms with Crippen LogP contribution in [0.2, 0.25) is 12.6 Å². The van der Waals surface area contributed by atoms with Gasteiger partial charge in [0, 0.05) is 0 Å². The maximum absolute atomic E-state index is 2.67. The molecule has 1 radical (unpaired) electrons. The van der Waals surface area contributed by atoms with Gasteiger partial charge in [-0.2, -0.15) is 0 Å². The minimum atomic E-state index is 0.591. The molecule has 0 aliphatic rings. The predicted molar refractivity (Wildman–Crippen MR) is 100 cm³/mol. The van der Waals surface area contributed by atoms with Crippen molar-refractivity contribution in [1.29, 1.82) is 0 Å². The molecule has 21 heavy (non-hydrogen) atoms. The molecule has 1 heteroatoms. The largest absolute Gasteiger partial charge is 0.110 e. The minimum Gasteiger partial charge on any atom is -0.0748 e. The summed E-state index contributed by atoms with van der Waals surface area (Å²) in [5.41, 5.74) is 1.18. The number of unbranched alkanes of at least 4 members (excludes halogenated alkanes) is 2. The lowest BCUT2D eigenvalue weighted by atomic mass is 9.51. The van der Waals surface area contributed by atoms with E-state index in [4.69, 9.17) is 0 Å². The Morgan fingerprint density at radius 3 is 1.14 bits per heavy atom. The van der Waals surface area contributed by atoms with Crippen LogP contribution in [0.5, 0.6) is 0 Å². The molecule has 0 aromatic rings. The molecular formula is C20H42B. The van der Waals surface area contributed by atoms with Gasteiger partial charge in [-0.05, 0) is 23.7 Å². The molecule has 0 saturated carbocycles. The third-order valence-electron chi connectivity index (χ3n) is 6.28. The lowest BCUT2D eigenvalue weighted by molar-refractivity contribution is 0.250. The minimum absolute atomic E-state index is 0.591. The highest BCUT2D eigenvalue weighted by molar-refractivity contribution is 6.35. The lowest BCUT2D eigenvalue weighted by Crippen LogP contribution is -2.25. The van der Waals surface area contributed by atoms with Crippen LogP contribution >= 0.6 is 0 Å². The van der Waals surface area contributed by atoms with Crippen molar-refractivity contribution in [3.05, 3.63) is 0 Å². The number of rotatable bonds is 14. The van der Waals surface area contributed by atoms with Gasteiger partial charge >= 0.3 is 0 Å². The summed E-state index contributed by atoms with van der Waals surface area (Å²) in [7, 11) is 2.67. The molecule has 0 unspecified atom stereocenters. The molecule has 0 nitrogen and oxygen atoms in total. The molecule has 0 amide bonds. The molecule has 125 valence electrons. The normalized spacial score (nSPS) is 12.7. The molecule has 0 bridgehead atoms. The Morgan fingerprint density at radius 2 is 0.905 bits per heavy atom. The Labute approximate surface area is 137 Å². The summed E-state index contributed by atoms with van der Waals surface area (Å²) in [6.07, 6.45) is 16.4. The van der Waals surface area contributed by atoms with Crippen molar-refractivity contribution in [2.75, 3.05) is 0 Å². The van der Waals surface area contributed by atoms with Crippen LogP contribution in [-0.4, -0.2) is 7.28 Å². The second-order valence-electron chi connectivity index (χ2n) is 7.32. The van der Waals surface area contributed by atoms with E-state index in [1.54, 1.807) is 0 Å². The number of hydrogen-bond acceptors (Lipinski definition) is 0. The quantitative estimate of drug-likeness (QED) is 0.290. The Balaban J connectivity index is 4.49. The predicted octanol–water partition coefficient (Wildman–Crippen LogP) is 7.52. The molecule has 0 heterocycles. The summed E-state index contributed by atoms with van der Waals surface area (Å²) in [4.78, 5) is 0. The van der Waals surface area contributed by atoms with Gasteiger partial charge < -0.3 is 0 Å². The standard InChI is InChI=1S/C20H42B/c1-7-13-15-19(9-3,10-4)17-21-18-20(11-5,12-6)16-14-8-2/h7-18H2,1-6H3. The lowest BCUT2D eigenvalue weighted by Gasteiger charge is -2.36. The van der Waals surface area contributed by atoms with Gasteiger partial charge in [-0.1, -0.05) is 106 Å². The zero-order valence-electron chi connectivity index (χ0n) is 16.1. The van der Waals surface area contributed by atoms with Gasteiger partial charge in [-0.25, -0.2) is 0 Å². The van der Waals surface area contributed by atoms with Crippen molar-refractivity contribution in [1.82, 2.24) is 0 Å². The van der Waals surface area contributed by atoms with Crippen LogP contribution in [0.4, 0.5) is 0 Å². The van der Waals surface area contributed by atoms with E-state index in [-0.39, 0.29) is 0 Å². The van der Waals surface area contributed by atoms with Crippen LogP contribution in [-0.2, 0) is 0 Å². The van der Waals surface area contributed by atoms with Crippen molar-refractivity contribution in [3.8, 4) is 0 Å². The molecular weight excluding hydrogens is 251 g/mol. The Hall–Kier alpha value is 0.0649. The van der Waals surface area contributed by atoms with Gasteiger partial charge in [-0.3, -0.25) is 0 Å². The van der Waals surface area contributed by atoms with Crippen molar-refractivity contribution in [2.24, 2.45) is 10.8 Å². The highest BCUT2D eigenvalue weighted by atomic mass is 14.3. The van der Waals surface area contributed by atoms with E-state index in [1.807, 2.05) is 0 Å². The maximum Gasteiger partial charge on any atom is 0.110 e. The summed E-state index contributed by atoms with van der Waals surface area (Å²) in [6, 6.07) is 0. The first kappa shape index (κ1) is 21.1. The summed E-state index contributed by atoms with van der Waals surface area (Å²) < 4.78 is 0. The molecule has 0 aromatic heterocycles. The molecule has 0 fully saturated rings. The first-order valence-electron chi connectivity index (χ1n) is 9.89. The summed E-state index contributed by atoms with van der Waals surface area (Å²) in [5, 5.41) is 0. The molecule has 0 aliphatic heterocycles. The molecule has 0 saturated heterocycles. The smallest absolute Gasteiger partial charge is 0.0748 e. The average Bonchev–Trinajstić information content (AvgIpc) is 2.54. The Kier molecular flexibility index (Phi) is 11.6. The Morgan fingerprint density at radius 1 is 0.571 bits per heavy atom. The topological polar surface area (TPSA) is 0 Å². The fraction of sp³-hybridized carbons (Fsp3) is 1.00. The van der Waals surface area contributed by atoms with Gasteiger partial charge in [-0.15, -0.1) is 0 Å². The SMILES string of the molecule is CCCCC(CC)(CC)C[B]CC(CC)(CC)CCCC. The van der Waals surface area contributed by atoms with Crippen LogP contribution in [0, 0.1) is 10.8 Å². The van der Waals surface area contributed by atoms with E-state index in [0.717, 1.165) is 0 Å².